The molecule has 0 bridgehead atoms. The normalized spacial score (nSPS) is 20.6. The quantitative estimate of drug-likeness (QED) is 0.908. The molecule has 2 fully saturated rings. The fraction of sp³-hybridized carbons (Fsp3) is 0.600. The first-order valence-corrected chi connectivity index (χ1v) is 8.78. The number of anilines is 1. The van der Waals surface area contributed by atoms with Gasteiger partial charge in [0.05, 0.1) is 25.1 Å². The van der Waals surface area contributed by atoms with Gasteiger partial charge >= 0.3 is 0 Å². The third-order valence-corrected chi connectivity index (χ3v) is 5.04. The Hall–Kier alpha value is -1.28. The Morgan fingerprint density at radius 1 is 1.14 bits per heavy atom. The van der Waals surface area contributed by atoms with Crippen LogP contribution in [-0.2, 0) is 11.3 Å². The second kappa shape index (κ2) is 6.45. The predicted molar refractivity (Wildman–Crippen MR) is 88.6 cm³/mol. The van der Waals surface area contributed by atoms with Crippen LogP contribution in [-0.4, -0.2) is 67.4 Å². The highest BCUT2D eigenvalue weighted by atomic mass is 32.1. The average Bonchev–Trinajstić information content (AvgIpc) is 3.04. The van der Waals surface area contributed by atoms with Crippen molar-refractivity contribution < 1.29 is 4.74 Å². The molecule has 2 aliphatic heterocycles. The summed E-state index contributed by atoms with van der Waals surface area (Å²) in [4.78, 5) is 15.5. The van der Waals surface area contributed by atoms with Gasteiger partial charge in [0.2, 0.25) is 0 Å². The van der Waals surface area contributed by atoms with Crippen molar-refractivity contribution in [2.75, 3.05) is 57.4 Å². The molecule has 0 saturated carbocycles. The van der Waals surface area contributed by atoms with Crippen LogP contribution >= 0.6 is 11.3 Å². The summed E-state index contributed by atoms with van der Waals surface area (Å²) in [5, 5.41) is 6.71. The molecule has 0 aliphatic carbocycles. The zero-order chi connectivity index (χ0) is 14.8. The molecule has 2 aromatic heterocycles. The Morgan fingerprint density at radius 3 is 2.77 bits per heavy atom. The summed E-state index contributed by atoms with van der Waals surface area (Å²) in [5.41, 5.74) is 0. The number of hydrogen-bond donors (Lipinski definition) is 1. The second-order valence-corrected chi connectivity index (χ2v) is 6.62. The molecule has 118 valence electrons. The van der Waals surface area contributed by atoms with Gasteiger partial charge in [-0.3, -0.25) is 4.90 Å². The van der Waals surface area contributed by atoms with E-state index in [0.29, 0.717) is 0 Å². The molecule has 4 heterocycles. The molecule has 1 N–H and O–H groups in total. The highest BCUT2D eigenvalue weighted by Gasteiger charge is 2.19. The molecule has 0 unspecified atom stereocenters. The van der Waals surface area contributed by atoms with Crippen molar-refractivity contribution in [3.63, 3.8) is 0 Å². The Kier molecular flexibility index (Phi) is 4.20. The minimum absolute atomic E-state index is 0.811. The van der Waals surface area contributed by atoms with E-state index in [4.69, 9.17) is 14.7 Å². The lowest BCUT2D eigenvalue weighted by Crippen LogP contribution is -2.44. The first-order chi connectivity index (χ1) is 10.9. The zero-order valence-electron chi connectivity index (χ0n) is 12.6. The molecule has 2 aromatic rings. The first-order valence-electron chi connectivity index (χ1n) is 7.90. The number of thiophene rings is 1. The van der Waals surface area contributed by atoms with Gasteiger partial charge in [-0.05, 0) is 11.4 Å². The molecule has 0 radical (unpaired) electrons. The van der Waals surface area contributed by atoms with Crippen molar-refractivity contribution in [2.45, 2.75) is 6.54 Å². The molecule has 2 saturated heterocycles. The van der Waals surface area contributed by atoms with E-state index in [9.17, 15) is 0 Å². The summed E-state index contributed by atoms with van der Waals surface area (Å²) in [7, 11) is 0. The van der Waals surface area contributed by atoms with E-state index < -0.39 is 0 Å². The van der Waals surface area contributed by atoms with E-state index in [-0.39, 0.29) is 0 Å². The Balaban J connectivity index is 1.63. The lowest BCUT2D eigenvalue weighted by Gasteiger charge is -2.30. The Morgan fingerprint density at radius 2 is 1.95 bits per heavy atom. The number of aromatic nitrogens is 2. The standard InChI is InChI=1S/C15H21N5OS/c1-10-22-15-12(1)14(20-4-2-16-3-5-20)17-13(18-15)11-19-6-8-21-9-7-19/h1,10,16H,2-9,11H2. The molecular weight excluding hydrogens is 298 g/mol. The van der Waals surface area contributed by atoms with Gasteiger partial charge in [-0.1, -0.05) is 0 Å². The van der Waals surface area contributed by atoms with Crippen LogP contribution < -0.4 is 10.2 Å². The summed E-state index contributed by atoms with van der Waals surface area (Å²) in [6.07, 6.45) is 0. The van der Waals surface area contributed by atoms with Gasteiger partial charge in [-0.15, -0.1) is 11.3 Å². The lowest BCUT2D eigenvalue weighted by atomic mass is 10.3. The van der Waals surface area contributed by atoms with Gasteiger partial charge < -0.3 is 15.0 Å². The molecular formula is C15H21N5OS. The van der Waals surface area contributed by atoms with Crippen molar-refractivity contribution in [1.29, 1.82) is 0 Å². The molecule has 0 aromatic carbocycles. The van der Waals surface area contributed by atoms with E-state index in [1.807, 2.05) is 0 Å². The summed E-state index contributed by atoms with van der Waals surface area (Å²) in [5.74, 6) is 2.04. The number of fused-ring (bicyclic) bond motifs is 1. The van der Waals surface area contributed by atoms with Gasteiger partial charge in [0.25, 0.3) is 0 Å². The number of nitrogens with one attached hydrogen (secondary N) is 1. The number of piperazine rings is 1. The van der Waals surface area contributed by atoms with E-state index in [2.05, 4.69) is 26.6 Å². The number of rotatable bonds is 3. The summed E-state index contributed by atoms with van der Waals surface area (Å²) in [6.45, 7) is 8.44. The number of morpholine rings is 1. The molecule has 0 amide bonds. The predicted octanol–water partition coefficient (Wildman–Crippen LogP) is 0.933. The third kappa shape index (κ3) is 2.94. The molecule has 22 heavy (non-hydrogen) atoms. The molecule has 4 rings (SSSR count). The van der Waals surface area contributed by atoms with Crippen LogP contribution in [0.15, 0.2) is 11.4 Å². The van der Waals surface area contributed by atoms with Crippen molar-refractivity contribution >= 4 is 27.4 Å². The van der Waals surface area contributed by atoms with Gasteiger partial charge in [-0.2, -0.15) is 0 Å². The summed E-state index contributed by atoms with van der Waals surface area (Å²) >= 11 is 1.71. The monoisotopic (exact) mass is 319 g/mol. The van der Waals surface area contributed by atoms with Crippen molar-refractivity contribution in [3.8, 4) is 0 Å². The summed E-state index contributed by atoms with van der Waals surface area (Å²) < 4.78 is 5.42. The highest BCUT2D eigenvalue weighted by Crippen LogP contribution is 2.28. The van der Waals surface area contributed by atoms with E-state index in [0.717, 1.165) is 75.5 Å². The molecule has 7 heteroatoms. The SMILES string of the molecule is c1cc2c(N3CCNCC3)nc(CN3CCOCC3)nc2s1. The molecule has 0 spiro atoms. The number of hydrogen-bond acceptors (Lipinski definition) is 7. The van der Waals surface area contributed by atoms with Gasteiger partial charge in [0.1, 0.15) is 16.5 Å². The van der Waals surface area contributed by atoms with Crippen LogP contribution in [0, 0.1) is 0 Å². The van der Waals surface area contributed by atoms with Crippen molar-refractivity contribution in [2.24, 2.45) is 0 Å². The number of nitrogens with zero attached hydrogens (tertiary/aromatic N) is 4. The smallest absolute Gasteiger partial charge is 0.146 e. The molecule has 0 atom stereocenters. The molecule has 6 nitrogen and oxygen atoms in total. The third-order valence-electron chi connectivity index (χ3n) is 4.24. The maximum atomic E-state index is 5.42. The first kappa shape index (κ1) is 14.3. The summed E-state index contributed by atoms with van der Waals surface area (Å²) in [6, 6.07) is 2.15. The maximum absolute atomic E-state index is 5.42. The van der Waals surface area contributed by atoms with E-state index >= 15 is 0 Å². The van der Waals surface area contributed by atoms with Crippen LogP contribution in [0.25, 0.3) is 10.2 Å². The molecule has 2 aliphatic rings. The lowest BCUT2D eigenvalue weighted by molar-refractivity contribution is 0.0331. The van der Waals surface area contributed by atoms with Gasteiger partial charge in [0, 0.05) is 39.3 Å². The largest absolute Gasteiger partial charge is 0.379 e. The second-order valence-electron chi connectivity index (χ2n) is 5.73. The van der Waals surface area contributed by atoms with Crippen molar-refractivity contribution in [1.82, 2.24) is 20.2 Å². The van der Waals surface area contributed by atoms with E-state index in [1.165, 1.54) is 5.39 Å². The maximum Gasteiger partial charge on any atom is 0.146 e. The Labute approximate surface area is 134 Å². The van der Waals surface area contributed by atoms with Crippen LogP contribution in [0.3, 0.4) is 0 Å². The van der Waals surface area contributed by atoms with Gasteiger partial charge in [0.15, 0.2) is 0 Å². The minimum atomic E-state index is 0.811. The van der Waals surface area contributed by atoms with Crippen molar-refractivity contribution in [3.05, 3.63) is 17.3 Å². The fourth-order valence-electron chi connectivity index (χ4n) is 3.03. The highest BCUT2D eigenvalue weighted by molar-refractivity contribution is 7.16. The average molecular weight is 319 g/mol. The van der Waals surface area contributed by atoms with Crippen LogP contribution in [0.2, 0.25) is 0 Å². The Bertz CT molecular complexity index is 634. The van der Waals surface area contributed by atoms with Gasteiger partial charge in [-0.25, -0.2) is 9.97 Å². The number of ether oxygens (including phenoxy) is 1. The fourth-order valence-corrected chi connectivity index (χ4v) is 3.81. The van der Waals surface area contributed by atoms with E-state index in [1.54, 1.807) is 11.3 Å². The van der Waals surface area contributed by atoms with Crippen LogP contribution in [0.5, 0.6) is 0 Å². The van der Waals surface area contributed by atoms with Crippen LogP contribution in [0.1, 0.15) is 5.82 Å². The minimum Gasteiger partial charge on any atom is -0.379 e. The van der Waals surface area contributed by atoms with Crippen LogP contribution in [0.4, 0.5) is 5.82 Å². The zero-order valence-corrected chi connectivity index (χ0v) is 13.4. The topological polar surface area (TPSA) is 53.5 Å².